The van der Waals surface area contributed by atoms with Crippen LogP contribution in [0, 0.1) is 0 Å². The van der Waals surface area contributed by atoms with Crippen LogP contribution in [0.15, 0.2) is 23.7 Å². The molecule has 2 heterocycles. The summed E-state index contributed by atoms with van der Waals surface area (Å²) < 4.78 is 10.9. The van der Waals surface area contributed by atoms with Gasteiger partial charge in [0.25, 0.3) is 0 Å². The monoisotopic (exact) mass is 263 g/mol. The quantitative estimate of drug-likeness (QED) is 0.900. The number of carboxylic acids is 1. The lowest BCUT2D eigenvalue weighted by molar-refractivity contribution is 0.0702. The zero-order chi connectivity index (χ0) is 12.5. The molecular formula is C12H9NO4S. The second kappa shape index (κ2) is 4.30. The van der Waals surface area contributed by atoms with E-state index in [2.05, 4.69) is 4.98 Å². The standard InChI is InChI=1S/C12H9NO4S/c14-12(15)11-10(13-6-18-11)7-1-2-8-9(5-7)17-4-3-16-8/h1-2,5-6H,3-4H2,(H,14,15). The van der Waals surface area contributed by atoms with Gasteiger partial charge in [-0.25, -0.2) is 9.78 Å². The highest BCUT2D eigenvalue weighted by Gasteiger charge is 2.18. The Labute approximate surface area is 107 Å². The van der Waals surface area contributed by atoms with Crippen LogP contribution in [0.5, 0.6) is 11.5 Å². The van der Waals surface area contributed by atoms with Gasteiger partial charge < -0.3 is 14.6 Å². The van der Waals surface area contributed by atoms with Gasteiger partial charge in [0.15, 0.2) is 11.5 Å². The number of aromatic carboxylic acids is 1. The van der Waals surface area contributed by atoms with Crippen molar-refractivity contribution >= 4 is 17.3 Å². The highest BCUT2D eigenvalue weighted by Crippen LogP contribution is 2.35. The van der Waals surface area contributed by atoms with Crippen molar-refractivity contribution in [2.24, 2.45) is 0 Å². The molecule has 0 fully saturated rings. The second-order valence-corrected chi connectivity index (χ2v) is 4.55. The Morgan fingerprint density at radius 1 is 1.28 bits per heavy atom. The van der Waals surface area contributed by atoms with Crippen molar-refractivity contribution in [2.75, 3.05) is 13.2 Å². The predicted molar refractivity (Wildman–Crippen MR) is 65.5 cm³/mol. The maximum Gasteiger partial charge on any atom is 0.348 e. The van der Waals surface area contributed by atoms with Crippen LogP contribution in [0.2, 0.25) is 0 Å². The van der Waals surface area contributed by atoms with Crippen LogP contribution < -0.4 is 9.47 Å². The molecule has 0 aliphatic carbocycles. The third-order valence-electron chi connectivity index (χ3n) is 2.58. The number of thiazole rings is 1. The van der Waals surface area contributed by atoms with E-state index in [0.29, 0.717) is 30.4 Å². The number of fused-ring (bicyclic) bond motifs is 1. The van der Waals surface area contributed by atoms with Crippen molar-refractivity contribution < 1.29 is 19.4 Å². The maximum atomic E-state index is 11.1. The first-order chi connectivity index (χ1) is 8.75. The SMILES string of the molecule is O=C(O)c1scnc1-c1ccc2c(c1)OCCO2. The summed E-state index contributed by atoms with van der Waals surface area (Å²) in [6, 6.07) is 5.32. The lowest BCUT2D eigenvalue weighted by Crippen LogP contribution is -2.15. The lowest BCUT2D eigenvalue weighted by Gasteiger charge is -2.18. The van der Waals surface area contributed by atoms with Gasteiger partial charge in [-0.3, -0.25) is 0 Å². The molecule has 1 aromatic carbocycles. The van der Waals surface area contributed by atoms with Gasteiger partial charge in [-0.2, -0.15) is 0 Å². The van der Waals surface area contributed by atoms with E-state index in [9.17, 15) is 4.79 Å². The van der Waals surface area contributed by atoms with Gasteiger partial charge in [0.2, 0.25) is 0 Å². The molecular weight excluding hydrogens is 254 g/mol. The van der Waals surface area contributed by atoms with Gasteiger partial charge in [-0.05, 0) is 18.2 Å². The fraction of sp³-hybridized carbons (Fsp3) is 0.167. The minimum Gasteiger partial charge on any atom is -0.486 e. The van der Waals surface area contributed by atoms with E-state index in [1.807, 2.05) is 0 Å². The van der Waals surface area contributed by atoms with Gasteiger partial charge in [0.1, 0.15) is 18.1 Å². The minimum atomic E-state index is -0.970. The van der Waals surface area contributed by atoms with Crippen molar-refractivity contribution in [3.05, 3.63) is 28.6 Å². The number of nitrogens with zero attached hydrogens (tertiary/aromatic N) is 1. The number of carboxylic acid groups (broad SMARTS) is 1. The Morgan fingerprint density at radius 3 is 2.83 bits per heavy atom. The first-order valence-electron chi connectivity index (χ1n) is 5.32. The van der Waals surface area contributed by atoms with E-state index < -0.39 is 5.97 Å². The Morgan fingerprint density at radius 2 is 2.06 bits per heavy atom. The predicted octanol–water partition coefficient (Wildman–Crippen LogP) is 2.28. The Balaban J connectivity index is 2.06. The summed E-state index contributed by atoms with van der Waals surface area (Å²) in [5, 5.41) is 9.07. The molecule has 0 unspecified atom stereocenters. The van der Waals surface area contributed by atoms with Crippen LogP contribution in [-0.2, 0) is 0 Å². The third kappa shape index (κ3) is 1.80. The lowest BCUT2D eigenvalue weighted by atomic mass is 10.1. The third-order valence-corrected chi connectivity index (χ3v) is 3.39. The van der Waals surface area contributed by atoms with Crippen LogP contribution in [0.1, 0.15) is 9.67 Å². The van der Waals surface area contributed by atoms with Gasteiger partial charge in [-0.15, -0.1) is 11.3 Å². The molecule has 0 spiro atoms. The summed E-state index contributed by atoms with van der Waals surface area (Å²) in [7, 11) is 0. The molecule has 0 saturated carbocycles. The molecule has 0 radical (unpaired) electrons. The number of hydrogen-bond donors (Lipinski definition) is 1. The minimum absolute atomic E-state index is 0.228. The second-order valence-electron chi connectivity index (χ2n) is 3.69. The van der Waals surface area contributed by atoms with Gasteiger partial charge in [0.05, 0.1) is 11.2 Å². The zero-order valence-corrected chi connectivity index (χ0v) is 10.1. The van der Waals surface area contributed by atoms with Crippen LogP contribution in [0.3, 0.4) is 0 Å². The number of rotatable bonds is 2. The normalized spacial score (nSPS) is 13.3. The van der Waals surface area contributed by atoms with E-state index in [4.69, 9.17) is 14.6 Å². The summed E-state index contributed by atoms with van der Waals surface area (Å²) in [5.74, 6) is 0.336. The molecule has 1 aliphatic heterocycles. The van der Waals surface area contributed by atoms with Crippen LogP contribution in [0.4, 0.5) is 0 Å². The average Bonchev–Trinajstić information content (AvgIpc) is 2.87. The summed E-state index contributed by atoms with van der Waals surface area (Å²) in [6.45, 7) is 1.03. The molecule has 5 nitrogen and oxygen atoms in total. The van der Waals surface area contributed by atoms with Crippen molar-refractivity contribution in [3.63, 3.8) is 0 Å². The van der Waals surface area contributed by atoms with Crippen molar-refractivity contribution in [1.82, 2.24) is 4.98 Å². The first-order valence-corrected chi connectivity index (χ1v) is 6.20. The van der Waals surface area contributed by atoms with Crippen LogP contribution in [-0.4, -0.2) is 29.3 Å². The Hall–Kier alpha value is -2.08. The summed E-state index contributed by atoms with van der Waals surface area (Å²) in [4.78, 5) is 15.4. The topological polar surface area (TPSA) is 68.7 Å². The van der Waals surface area contributed by atoms with Crippen molar-refractivity contribution in [1.29, 1.82) is 0 Å². The summed E-state index contributed by atoms with van der Waals surface area (Å²) in [6.07, 6.45) is 0. The van der Waals surface area contributed by atoms with E-state index >= 15 is 0 Å². The molecule has 1 aromatic heterocycles. The van der Waals surface area contributed by atoms with Crippen LogP contribution in [0.25, 0.3) is 11.3 Å². The van der Waals surface area contributed by atoms with Gasteiger partial charge in [0, 0.05) is 5.56 Å². The molecule has 0 saturated heterocycles. The fourth-order valence-electron chi connectivity index (χ4n) is 1.79. The largest absolute Gasteiger partial charge is 0.486 e. The molecule has 18 heavy (non-hydrogen) atoms. The first kappa shape index (κ1) is 11.0. The molecule has 6 heteroatoms. The number of carbonyl (C=O) groups is 1. The molecule has 1 N–H and O–H groups in total. The average molecular weight is 263 g/mol. The maximum absolute atomic E-state index is 11.1. The van der Waals surface area contributed by atoms with Crippen molar-refractivity contribution in [2.45, 2.75) is 0 Å². The number of benzene rings is 1. The smallest absolute Gasteiger partial charge is 0.348 e. The molecule has 2 aromatic rings. The molecule has 92 valence electrons. The number of ether oxygens (including phenoxy) is 2. The Kier molecular flexibility index (Phi) is 2.64. The van der Waals surface area contributed by atoms with Gasteiger partial charge >= 0.3 is 5.97 Å². The summed E-state index contributed by atoms with van der Waals surface area (Å²) >= 11 is 1.11. The van der Waals surface area contributed by atoms with Gasteiger partial charge in [-0.1, -0.05) is 0 Å². The highest BCUT2D eigenvalue weighted by atomic mass is 32.1. The molecule has 3 rings (SSSR count). The summed E-state index contributed by atoms with van der Waals surface area (Å²) in [5.41, 5.74) is 2.71. The Bertz CT molecular complexity index is 608. The highest BCUT2D eigenvalue weighted by molar-refractivity contribution is 7.12. The van der Waals surface area contributed by atoms with E-state index in [1.54, 1.807) is 18.2 Å². The fourth-order valence-corrected chi connectivity index (χ4v) is 2.44. The van der Waals surface area contributed by atoms with E-state index in [0.717, 1.165) is 16.9 Å². The molecule has 0 bridgehead atoms. The van der Waals surface area contributed by atoms with E-state index in [1.165, 1.54) is 5.51 Å². The molecule has 0 amide bonds. The van der Waals surface area contributed by atoms with Crippen LogP contribution >= 0.6 is 11.3 Å². The number of aromatic nitrogens is 1. The zero-order valence-electron chi connectivity index (χ0n) is 9.25. The number of hydrogen-bond acceptors (Lipinski definition) is 5. The van der Waals surface area contributed by atoms with Crippen molar-refractivity contribution in [3.8, 4) is 22.8 Å². The molecule has 1 aliphatic rings. The van der Waals surface area contributed by atoms with E-state index in [-0.39, 0.29) is 4.88 Å². The molecule has 0 atom stereocenters.